The van der Waals surface area contributed by atoms with Crippen LogP contribution in [0, 0.1) is 0 Å². The second-order valence-corrected chi connectivity index (χ2v) is 10.5. The molecular weight excluding hydrogens is 449 g/mol. The average molecular weight is 483 g/mol. The number of aromatic nitrogens is 7. The number of piperidine rings is 2. The maximum Gasteiger partial charge on any atom is 0.205 e. The standard InChI is InChI=1S/C24H30FN9O/c1-23-9-4-10-24(2,31-23)20(25)17(12-23)34(15-6-7-15)19-13-26-22(28-27-19)16-8-5-14(11-18(16)35)21-29-32-33(3)30-21/h5,8,11,13,15,17,20,31,35H,4,6-7,9-10,12H2,1-3H3/t17-,20-,23-,24+/m0/s1/i3D3. The summed E-state index contributed by atoms with van der Waals surface area (Å²) in [6.45, 7) is 1.63. The monoisotopic (exact) mass is 482 g/mol. The third-order valence-electron chi connectivity index (χ3n) is 7.64. The summed E-state index contributed by atoms with van der Waals surface area (Å²) in [5, 5.41) is 34.1. The van der Waals surface area contributed by atoms with Gasteiger partial charge in [-0.3, -0.25) is 0 Å². The van der Waals surface area contributed by atoms with Crippen molar-refractivity contribution in [2.75, 3.05) is 4.90 Å². The van der Waals surface area contributed by atoms with Gasteiger partial charge in [0.15, 0.2) is 11.6 Å². The first-order chi connectivity index (χ1) is 18.0. The molecule has 2 saturated heterocycles. The molecule has 2 aliphatic heterocycles. The van der Waals surface area contributed by atoms with Crippen LogP contribution in [0.25, 0.3) is 22.8 Å². The molecule has 0 spiro atoms. The van der Waals surface area contributed by atoms with Crippen LogP contribution in [0.2, 0.25) is 0 Å². The van der Waals surface area contributed by atoms with Gasteiger partial charge < -0.3 is 15.3 Å². The van der Waals surface area contributed by atoms with Gasteiger partial charge in [0.2, 0.25) is 5.82 Å². The van der Waals surface area contributed by atoms with Gasteiger partial charge in [-0.05, 0) is 69.7 Å². The van der Waals surface area contributed by atoms with E-state index in [1.54, 1.807) is 18.3 Å². The van der Waals surface area contributed by atoms with E-state index in [2.05, 4.69) is 47.7 Å². The van der Waals surface area contributed by atoms with Gasteiger partial charge in [0.25, 0.3) is 0 Å². The molecule has 4 atom stereocenters. The van der Waals surface area contributed by atoms with Crippen molar-refractivity contribution in [3.05, 3.63) is 24.4 Å². The number of nitrogens with one attached hydrogen (secondary N) is 1. The zero-order valence-electron chi connectivity index (χ0n) is 22.7. The van der Waals surface area contributed by atoms with Crippen LogP contribution in [0.1, 0.15) is 56.5 Å². The minimum atomic E-state index is -2.55. The Morgan fingerprint density at radius 3 is 2.74 bits per heavy atom. The van der Waals surface area contributed by atoms with Gasteiger partial charge in [-0.25, -0.2) is 9.37 Å². The summed E-state index contributed by atoms with van der Waals surface area (Å²) in [4.78, 5) is 7.10. The number of fused-ring (bicyclic) bond motifs is 2. The highest BCUT2D eigenvalue weighted by Crippen LogP contribution is 2.46. The number of nitrogens with zero attached hydrogens (tertiary/aromatic N) is 8. The van der Waals surface area contributed by atoms with Crippen LogP contribution >= 0.6 is 0 Å². The van der Waals surface area contributed by atoms with Crippen molar-refractivity contribution in [2.24, 2.45) is 6.98 Å². The second kappa shape index (κ2) is 7.91. The zero-order valence-corrected chi connectivity index (χ0v) is 19.7. The van der Waals surface area contributed by atoms with Gasteiger partial charge in [0.1, 0.15) is 11.9 Å². The number of anilines is 1. The van der Waals surface area contributed by atoms with Crippen molar-refractivity contribution < 1.29 is 13.6 Å². The van der Waals surface area contributed by atoms with Crippen molar-refractivity contribution in [1.82, 2.24) is 40.7 Å². The number of rotatable bonds is 5. The van der Waals surface area contributed by atoms with E-state index in [0.29, 0.717) is 28.2 Å². The highest BCUT2D eigenvalue weighted by atomic mass is 19.1. The first kappa shape index (κ1) is 19.0. The lowest BCUT2D eigenvalue weighted by Crippen LogP contribution is -2.73. The van der Waals surface area contributed by atoms with Crippen molar-refractivity contribution >= 4 is 5.82 Å². The smallest absolute Gasteiger partial charge is 0.205 e. The molecule has 6 rings (SSSR count). The van der Waals surface area contributed by atoms with Gasteiger partial charge in [-0.15, -0.1) is 20.4 Å². The normalized spacial score (nSPS) is 31.9. The first-order valence-electron chi connectivity index (χ1n) is 13.5. The number of tetrazole rings is 1. The Morgan fingerprint density at radius 1 is 1.20 bits per heavy atom. The lowest BCUT2D eigenvalue weighted by molar-refractivity contribution is 0.000258. The molecular formula is C24H30FN9O. The van der Waals surface area contributed by atoms with Gasteiger partial charge in [-0.2, -0.15) is 4.80 Å². The van der Waals surface area contributed by atoms with E-state index in [9.17, 15) is 5.11 Å². The van der Waals surface area contributed by atoms with E-state index in [1.807, 2.05) is 6.92 Å². The van der Waals surface area contributed by atoms with E-state index in [4.69, 9.17) is 4.11 Å². The predicted octanol–water partition coefficient (Wildman–Crippen LogP) is 2.80. The van der Waals surface area contributed by atoms with Gasteiger partial charge in [0.05, 0.1) is 24.8 Å². The molecule has 4 heterocycles. The van der Waals surface area contributed by atoms with Crippen LogP contribution in [0.15, 0.2) is 24.4 Å². The predicted molar refractivity (Wildman–Crippen MR) is 127 cm³/mol. The van der Waals surface area contributed by atoms with Gasteiger partial charge in [-0.1, -0.05) is 6.07 Å². The summed E-state index contributed by atoms with van der Waals surface area (Å²) in [6, 6.07) is 4.50. The number of aromatic hydroxyl groups is 1. The minimum Gasteiger partial charge on any atom is -0.507 e. The molecule has 1 saturated carbocycles. The van der Waals surface area contributed by atoms with Crippen LogP contribution in [-0.2, 0) is 6.98 Å². The van der Waals surface area contributed by atoms with Crippen LogP contribution in [0.5, 0.6) is 5.75 Å². The molecule has 2 aromatic heterocycles. The Labute approximate surface area is 207 Å². The van der Waals surface area contributed by atoms with Crippen LogP contribution in [0.4, 0.5) is 10.2 Å². The number of benzene rings is 1. The molecule has 2 N–H and O–H groups in total. The lowest BCUT2D eigenvalue weighted by atomic mass is 9.68. The molecule has 11 heteroatoms. The summed E-state index contributed by atoms with van der Waals surface area (Å²) in [7, 11) is 0. The van der Waals surface area contributed by atoms with Gasteiger partial charge in [0, 0.05) is 26.8 Å². The Balaban J connectivity index is 1.26. The van der Waals surface area contributed by atoms with E-state index in [0.717, 1.165) is 32.1 Å². The topological polar surface area (TPSA) is 118 Å². The Kier molecular flexibility index (Phi) is 4.30. The molecule has 184 valence electrons. The average Bonchev–Trinajstić information content (AvgIpc) is 3.55. The van der Waals surface area contributed by atoms with E-state index < -0.39 is 18.7 Å². The number of phenols is 1. The van der Waals surface area contributed by atoms with Crippen molar-refractivity contribution in [3.8, 4) is 28.5 Å². The number of halogens is 1. The molecule has 2 bridgehead atoms. The fourth-order valence-corrected chi connectivity index (χ4v) is 5.93. The summed E-state index contributed by atoms with van der Waals surface area (Å²) in [5.41, 5.74) is 0.0411. The minimum absolute atomic E-state index is 0.0624. The number of aryl methyl sites for hydroxylation is 1. The second-order valence-electron chi connectivity index (χ2n) is 10.5. The summed E-state index contributed by atoms with van der Waals surface area (Å²) < 4.78 is 38.1. The molecule has 0 amide bonds. The fourth-order valence-electron chi connectivity index (χ4n) is 5.93. The maximum atomic E-state index is 16.0. The Hall–Kier alpha value is -3.21. The molecule has 10 nitrogen and oxygen atoms in total. The Morgan fingerprint density at radius 2 is 2.06 bits per heavy atom. The third-order valence-corrected chi connectivity index (χ3v) is 7.64. The van der Waals surface area contributed by atoms with Crippen LogP contribution < -0.4 is 10.2 Å². The summed E-state index contributed by atoms with van der Waals surface area (Å²) in [6.07, 6.45) is 6.05. The molecule has 3 aromatic rings. The fraction of sp³-hybridized carbons (Fsp3) is 0.583. The Bertz CT molecular complexity index is 1350. The molecule has 35 heavy (non-hydrogen) atoms. The van der Waals surface area contributed by atoms with Crippen molar-refractivity contribution in [3.63, 3.8) is 0 Å². The summed E-state index contributed by atoms with van der Waals surface area (Å²) >= 11 is 0. The number of hydrogen-bond donors (Lipinski definition) is 2. The molecule has 1 aromatic carbocycles. The van der Waals surface area contributed by atoms with E-state index in [-0.39, 0.29) is 35.0 Å². The van der Waals surface area contributed by atoms with Crippen molar-refractivity contribution in [1.29, 1.82) is 0 Å². The molecule has 3 fully saturated rings. The molecule has 1 aliphatic carbocycles. The third kappa shape index (κ3) is 3.91. The largest absolute Gasteiger partial charge is 0.507 e. The number of alkyl halides is 1. The van der Waals surface area contributed by atoms with E-state index >= 15 is 4.39 Å². The zero-order chi connectivity index (χ0) is 26.9. The van der Waals surface area contributed by atoms with Gasteiger partial charge >= 0.3 is 0 Å². The number of phenolic OH excluding ortho intramolecular Hbond substituents is 1. The molecule has 0 unspecified atom stereocenters. The van der Waals surface area contributed by atoms with Crippen LogP contribution in [-0.4, -0.2) is 69.8 Å². The molecule has 0 radical (unpaired) electrons. The van der Waals surface area contributed by atoms with Crippen molar-refractivity contribution in [2.45, 2.75) is 81.7 Å². The maximum absolute atomic E-state index is 16.0. The summed E-state index contributed by atoms with van der Waals surface area (Å²) in [5.74, 6) is 0.674. The quantitative estimate of drug-likeness (QED) is 0.566. The highest BCUT2D eigenvalue weighted by Gasteiger charge is 2.55. The van der Waals surface area contributed by atoms with Crippen LogP contribution in [0.3, 0.4) is 0 Å². The first-order valence-corrected chi connectivity index (χ1v) is 12.0. The lowest BCUT2D eigenvalue weighted by Gasteiger charge is -2.57. The SMILES string of the molecule is [2H]C([2H])([2H])n1nnc(-c2ccc(-c3ncc(N(C4CC4)[C@H]4C[C@]5(C)CCC[C@@](C)(N5)[C@H]4F)nn3)c(O)c2)n1. The number of hydrogen-bond acceptors (Lipinski definition) is 9. The van der Waals surface area contributed by atoms with E-state index in [1.165, 1.54) is 6.07 Å². The highest BCUT2D eigenvalue weighted by molar-refractivity contribution is 5.70. The molecule has 3 aliphatic rings.